The minimum Gasteiger partial charge on any atom is -0.374 e. The topological polar surface area (TPSA) is 9.23 Å². The lowest BCUT2D eigenvalue weighted by molar-refractivity contribution is 0.0982. The predicted molar refractivity (Wildman–Crippen MR) is 79.3 cm³/mol. The zero-order valence-electron chi connectivity index (χ0n) is 12.0. The summed E-state index contributed by atoms with van der Waals surface area (Å²) < 4.78 is 5.74. The third-order valence-corrected chi connectivity index (χ3v) is 4.14. The van der Waals surface area contributed by atoms with Gasteiger partial charge < -0.3 is 4.74 Å². The molecule has 1 heteroatoms. The van der Waals surface area contributed by atoms with Gasteiger partial charge in [-0.05, 0) is 42.9 Å². The van der Waals surface area contributed by atoms with Crippen molar-refractivity contribution in [3.05, 3.63) is 58.7 Å². The van der Waals surface area contributed by atoms with Crippen LogP contribution in [0, 0.1) is 5.92 Å². The van der Waals surface area contributed by atoms with Crippen LogP contribution in [0.4, 0.5) is 0 Å². The predicted octanol–water partition coefficient (Wildman–Crippen LogP) is 4.25. The number of hydrogen-bond donors (Lipinski definition) is 0. The maximum atomic E-state index is 5.74. The zero-order chi connectivity index (χ0) is 13.4. The first-order valence-corrected chi connectivity index (χ1v) is 7.25. The number of allylic oxidation sites excluding steroid dienone is 2. The average Bonchev–Trinajstić information content (AvgIpc) is 2.74. The molecule has 0 heterocycles. The van der Waals surface area contributed by atoms with Gasteiger partial charge in [0.25, 0.3) is 0 Å². The normalized spacial score (nSPS) is 24.8. The molecule has 100 valence electrons. The van der Waals surface area contributed by atoms with Gasteiger partial charge in [-0.15, -0.1) is 0 Å². The van der Waals surface area contributed by atoms with Crippen LogP contribution >= 0.6 is 0 Å². The van der Waals surface area contributed by atoms with E-state index in [1.165, 1.54) is 16.7 Å². The molecule has 0 spiro atoms. The third-order valence-electron chi connectivity index (χ3n) is 4.14. The molecule has 1 unspecified atom stereocenters. The SMILES string of the molecule is CC(C)OCC1=C[C@H](C)C2C(=C1)Cc1ccccc12. The Hall–Kier alpha value is -1.34. The number of ether oxygens (including phenoxy) is 1. The van der Waals surface area contributed by atoms with Crippen molar-refractivity contribution in [1.82, 2.24) is 0 Å². The highest BCUT2D eigenvalue weighted by Crippen LogP contribution is 2.45. The fourth-order valence-corrected chi connectivity index (χ4v) is 3.36. The molecule has 3 rings (SSSR count). The van der Waals surface area contributed by atoms with Gasteiger partial charge in [-0.25, -0.2) is 0 Å². The summed E-state index contributed by atoms with van der Waals surface area (Å²) in [6.07, 6.45) is 6.17. The molecule has 2 aliphatic carbocycles. The molecule has 19 heavy (non-hydrogen) atoms. The van der Waals surface area contributed by atoms with Crippen LogP contribution in [0.1, 0.15) is 37.8 Å². The molecule has 1 nitrogen and oxygen atoms in total. The van der Waals surface area contributed by atoms with Crippen molar-refractivity contribution in [2.24, 2.45) is 5.92 Å². The standard InChI is InChI=1S/C18H22O/c1-12(2)19-11-14-8-13(3)18-16(9-14)10-15-6-4-5-7-17(15)18/h4-9,12-13,18H,10-11H2,1-3H3/t13-,18?/m0/s1. The second-order valence-electron chi connectivity index (χ2n) is 6.03. The van der Waals surface area contributed by atoms with E-state index in [0.29, 0.717) is 17.9 Å². The maximum absolute atomic E-state index is 5.74. The highest BCUT2D eigenvalue weighted by molar-refractivity contribution is 5.51. The first kappa shape index (κ1) is 12.7. The molecule has 0 saturated carbocycles. The molecule has 1 aromatic rings. The Morgan fingerprint density at radius 2 is 2.05 bits per heavy atom. The van der Waals surface area contributed by atoms with Crippen LogP contribution in [0.15, 0.2) is 47.6 Å². The largest absolute Gasteiger partial charge is 0.374 e. The lowest BCUT2D eigenvalue weighted by Crippen LogP contribution is -2.14. The van der Waals surface area contributed by atoms with Crippen molar-refractivity contribution in [1.29, 1.82) is 0 Å². The Kier molecular flexibility index (Phi) is 3.32. The average molecular weight is 254 g/mol. The monoisotopic (exact) mass is 254 g/mol. The smallest absolute Gasteiger partial charge is 0.0717 e. The minimum atomic E-state index is 0.299. The van der Waals surface area contributed by atoms with Gasteiger partial charge in [0, 0.05) is 5.92 Å². The van der Waals surface area contributed by atoms with Gasteiger partial charge in [-0.3, -0.25) is 0 Å². The maximum Gasteiger partial charge on any atom is 0.0717 e. The Balaban J connectivity index is 1.84. The number of rotatable bonds is 3. The molecular weight excluding hydrogens is 232 g/mol. The second-order valence-corrected chi connectivity index (χ2v) is 6.03. The molecule has 0 saturated heterocycles. The van der Waals surface area contributed by atoms with E-state index in [9.17, 15) is 0 Å². The van der Waals surface area contributed by atoms with E-state index in [1.54, 1.807) is 5.57 Å². The Labute approximate surface area is 116 Å². The molecule has 0 bridgehead atoms. The van der Waals surface area contributed by atoms with Crippen molar-refractivity contribution in [2.75, 3.05) is 6.61 Å². The molecule has 0 amide bonds. The zero-order valence-corrected chi connectivity index (χ0v) is 12.0. The van der Waals surface area contributed by atoms with Gasteiger partial charge in [0.15, 0.2) is 0 Å². The first-order chi connectivity index (χ1) is 9.15. The Bertz CT molecular complexity index is 536. The summed E-state index contributed by atoms with van der Waals surface area (Å²) in [5.74, 6) is 1.17. The van der Waals surface area contributed by atoms with Crippen molar-refractivity contribution < 1.29 is 4.74 Å². The van der Waals surface area contributed by atoms with Crippen molar-refractivity contribution in [3.8, 4) is 0 Å². The summed E-state index contributed by atoms with van der Waals surface area (Å²) in [5, 5.41) is 0. The van der Waals surface area contributed by atoms with Crippen molar-refractivity contribution in [3.63, 3.8) is 0 Å². The lowest BCUT2D eigenvalue weighted by atomic mass is 9.80. The highest BCUT2D eigenvalue weighted by atomic mass is 16.5. The number of hydrogen-bond acceptors (Lipinski definition) is 1. The molecule has 0 aromatic heterocycles. The quantitative estimate of drug-likeness (QED) is 0.783. The third kappa shape index (κ3) is 2.40. The van der Waals surface area contributed by atoms with Gasteiger partial charge >= 0.3 is 0 Å². The number of fused-ring (bicyclic) bond motifs is 3. The van der Waals surface area contributed by atoms with Gasteiger partial charge in [0.05, 0.1) is 12.7 Å². The van der Waals surface area contributed by atoms with Gasteiger partial charge in [-0.1, -0.05) is 48.9 Å². The summed E-state index contributed by atoms with van der Waals surface area (Å²) >= 11 is 0. The Morgan fingerprint density at radius 3 is 2.84 bits per heavy atom. The van der Waals surface area contributed by atoms with Gasteiger partial charge in [0.1, 0.15) is 0 Å². The van der Waals surface area contributed by atoms with E-state index in [-0.39, 0.29) is 0 Å². The van der Waals surface area contributed by atoms with Crippen LogP contribution in [-0.2, 0) is 11.2 Å². The van der Waals surface area contributed by atoms with Crippen LogP contribution in [0.3, 0.4) is 0 Å². The number of benzene rings is 1. The minimum absolute atomic E-state index is 0.299. The van der Waals surface area contributed by atoms with Crippen LogP contribution in [-0.4, -0.2) is 12.7 Å². The van der Waals surface area contributed by atoms with Gasteiger partial charge in [-0.2, -0.15) is 0 Å². The second kappa shape index (κ2) is 4.97. The van der Waals surface area contributed by atoms with E-state index in [4.69, 9.17) is 4.74 Å². The van der Waals surface area contributed by atoms with E-state index in [0.717, 1.165) is 13.0 Å². The van der Waals surface area contributed by atoms with E-state index in [1.807, 2.05) is 0 Å². The van der Waals surface area contributed by atoms with Crippen molar-refractivity contribution in [2.45, 2.75) is 39.2 Å². The van der Waals surface area contributed by atoms with Gasteiger partial charge in [0.2, 0.25) is 0 Å². The fraction of sp³-hybridized carbons (Fsp3) is 0.444. The molecule has 0 N–H and O–H groups in total. The highest BCUT2D eigenvalue weighted by Gasteiger charge is 2.32. The molecule has 0 radical (unpaired) electrons. The van der Waals surface area contributed by atoms with Crippen LogP contribution in [0.25, 0.3) is 0 Å². The van der Waals surface area contributed by atoms with Crippen LogP contribution in [0.2, 0.25) is 0 Å². The van der Waals surface area contributed by atoms with Crippen LogP contribution in [0.5, 0.6) is 0 Å². The first-order valence-electron chi connectivity index (χ1n) is 7.25. The molecule has 1 aromatic carbocycles. The summed E-state index contributed by atoms with van der Waals surface area (Å²) in [4.78, 5) is 0. The molecule has 2 atom stereocenters. The van der Waals surface area contributed by atoms with Crippen LogP contribution < -0.4 is 0 Å². The van der Waals surface area contributed by atoms with Crippen molar-refractivity contribution >= 4 is 0 Å². The van der Waals surface area contributed by atoms with E-state index in [2.05, 4.69) is 57.2 Å². The lowest BCUT2D eigenvalue weighted by Gasteiger charge is -2.25. The summed E-state index contributed by atoms with van der Waals surface area (Å²) in [5.41, 5.74) is 5.95. The molecular formula is C18H22O. The van der Waals surface area contributed by atoms with E-state index < -0.39 is 0 Å². The Morgan fingerprint density at radius 1 is 1.26 bits per heavy atom. The molecule has 0 aliphatic heterocycles. The summed E-state index contributed by atoms with van der Waals surface area (Å²) in [7, 11) is 0. The van der Waals surface area contributed by atoms with E-state index >= 15 is 0 Å². The fourth-order valence-electron chi connectivity index (χ4n) is 3.36. The summed E-state index contributed by atoms with van der Waals surface area (Å²) in [6, 6.07) is 8.87. The molecule has 0 fully saturated rings. The summed E-state index contributed by atoms with van der Waals surface area (Å²) in [6.45, 7) is 7.26. The molecule has 2 aliphatic rings.